The van der Waals surface area contributed by atoms with Crippen LogP contribution in [0.5, 0.6) is 0 Å². The largest absolute Gasteiger partial charge is 0.325 e. The summed E-state index contributed by atoms with van der Waals surface area (Å²) in [6.07, 6.45) is 1.70. The number of hydrogen-bond acceptors (Lipinski definition) is 5. The molecule has 0 unspecified atom stereocenters. The van der Waals surface area contributed by atoms with Crippen molar-refractivity contribution in [2.75, 3.05) is 11.4 Å². The van der Waals surface area contributed by atoms with Gasteiger partial charge in [0.2, 0.25) is 0 Å². The Morgan fingerprint density at radius 1 is 1.18 bits per heavy atom. The zero-order chi connectivity index (χ0) is 23.3. The van der Waals surface area contributed by atoms with Gasteiger partial charge in [0.25, 0.3) is 5.78 Å². The molecule has 1 aliphatic rings. The molecule has 2 aromatic carbocycles. The lowest BCUT2D eigenvalue weighted by atomic mass is 9.93. The second-order valence-electron chi connectivity index (χ2n) is 8.62. The highest BCUT2D eigenvalue weighted by atomic mass is 35.5. The highest BCUT2D eigenvalue weighted by Gasteiger charge is 2.26. The first-order valence-corrected chi connectivity index (χ1v) is 11.0. The SMILES string of the molecule is Cc1nnc2nc(N3CCCc4c(C#CC(C)(C)C#N)cccc43)c3c(Cl)c(F)ccc3n12. The summed E-state index contributed by atoms with van der Waals surface area (Å²) in [6.45, 7) is 6.10. The smallest absolute Gasteiger partial charge is 0.257 e. The van der Waals surface area contributed by atoms with Crippen molar-refractivity contribution >= 4 is 39.8 Å². The van der Waals surface area contributed by atoms with E-state index >= 15 is 0 Å². The van der Waals surface area contributed by atoms with E-state index in [0.29, 0.717) is 34.9 Å². The van der Waals surface area contributed by atoms with Crippen molar-refractivity contribution in [2.45, 2.75) is 33.6 Å². The fourth-order valence-electron chi connectivity index (χ4n) is 4.20. The summed E-state index contributed by atoms with van der Waals surface area (Å²) >= 11 is 6.50. The van der Waals surface area contributed by atoms with Crippen LogP contribution in [0, 0.1) is 41.3 Å². The first-order chi connectivity index (χ1) is 15.8. The molecule has 1 aliphatic heterocycles. The van der Waals surface area contributed by atoms with Gasteiger partial charge in [-0.2, -0.15) is 10.2 Å². The Morgan fingerprint density at radius 2 is 2.00 bits per heavy atom. The zero-order valence-corrected chi connectivity index (χ0v) is 19.2. The van der Waals surface area contributed by atoms with Crippen molar-refractivity contribution in [1.29, 1.82) is 5.26 Å². The fourth-order valence-corrected chi connectivity index (χ4v) is 4.45. The monoisotopic (exact) mass is 458 g/mol. The molecule has 3 heterocycles. The van der Waals surface area contributed by atoms with Crippen LogP contribution in [0.25, 0.3) is 16.7 Å². The first-order valence-electron chi connectivity index (χ1n) is 10.6. The van der Waals surface area contributed by atoms with Crippen molar-refractivity contribution in [3.8, 4) is 17.9 Å². The van der Waals surface area contributed by atoms with Crippen LogP contribution in [-0.4, -0.2) is 26.1 Å². The molecular formula is C25H20ClFN6. The quantitative estimate of drug-likeness (QED) is 0.359. The Morgan fingerprint density at radius 3 is 2.79 bits per heavy atom. The van der Waals surface area contributed by atoms with Crippen LogP contribution in [0.1, 0.15) is 37.2 Å². The molecule has 0 bridgehead atoms. The Balaban J connectivity index is 1.76. The highest BCUT2D eigenvalue weighted by Crippen LogP contribution is 2.40. The van der Waals surface area contributed by atoms with E-state index in [1.54, 1.807) is 24.3 Å². The van der Waals surface area contributed by atoms with E-state index in [1.165, 1.54) is 6.07 Å². The topological polar surface area (TPSA) is 70.1 Å². The maximum absolute atomic E-state index is 14.6. The number of halogens is 2. The molecule has 0 N–H and O–H groups in total. The van der Waals surface area contributed by atoms with Crippen LogP contribution >= 0.6 is 11.6 Å². The van der Waals surface area contributed by atoms with Gasteiger partial charge in [-0.25, -0.2) is 4.39 Å². The van der Waals surface area contributed by atoms with Gasteiger partial charge in [0.1, 0.15) is 22.9 Å². The molecule has 0 saturated carbocycles. The molecule has 6 nitrogen and oxygen atoms in total. The fraction of sp³-hybridized carbons (Fsp3) is 0.280. The van der Waals surface area contributed by atoms with Crippen molar-refractivity contribution in [3.63, 3.8) is 0 Å². The minimum Gasteiger partial charge on any atom is -0.325 e. The predicted octanol–water partition coefficient (Wildman–Crippen LogP) is 5.36. The molecule has 0 fully saturated rings. The number of benzene rings is 2. The van der Waals surface area contributed by atoms with E-state index in [0.717, 1.165) is 29.7 Å². The molecule has 0 saturated heterocycles. The van der Waals surface area contributed by atoms with Crippen molar-refractivity contribution in [2.24, 2.45) is 5.41 Å². The van der Waals surface area contributed by atoms with Gasteiger partial charge in [0, 0.05) is 17.8 Å². The van der Waals surface area contributed by atoms with Gasteiger partial charge in [0.05, 0.1) is 22.0 Å². The lowest BCUT2D eigenvalue weighted by Crippen LogP contribution is -2.26. The Bertz CT molecular complexity index is 1540. The minimum atomic E-state index is -0.740. The van der Waals surface area contributed by atoms with E-state index in [-0.39, 0.29) is 5.02 Å². The molecular weight excluding hydrogens is 439 g/mol. The number of rotatable bonds is 1. The van der Waals surface area contributed by atoms with Gasteiger partial charge in [-0.05, 0) is 63.4 Å². The molecule has 164 valence electrons. The average Bonchev–Trinajstić information content (AvgIpc) is 3.19. The van der Waals surface area contributed by atoms with Gasteiger partial charge in [0.15, 0.2) is 0 Å². The molecule has 33 heavy (non-hydrogen) atoms. The van der Waals surface area contributed by atoms with Crippen LogP contribution in [-0.2, 0) is 6.42 Å². The van der Waals surface area contributed by atoms with E-state index in [9.17, 15) is 9.65 Å². The summed E-state index contributed by atoms with van der Waals surface area (Å²) in [7, 11) is 0. The van der Waals surface area contributed by atoms with Gasteiger partial charge < -0.3 is 4.90 Å². The Hall–Kier alpha value is -3.68. The Kier molecular flexibility index (Phi) is 4.96. The van der Waals surface area contributed by atoms with E-state index < -0.39 is 11.2 Å². The number of nitriles is 1. The summed E-state index contributed by atoms with van der Waals surface area (Å²) in [4.78, 5) is 6.81. The molecule has 4 aromatic rings. The van der Waals surface area contributed by atoms with Crippen LogP contribution in [0.3, 0.4) is 0 Å². The molecule has 0 aliphatic carbocycles. The summed E-state index contributed by atoms with van der Waals surface area (Å²) in [5, 5.41) is 18.2. The van der Waals surface area contributed by atoms with Gasteiger partial charge in [-0.15, -0.1) is 10.2 Å². The second kappa shape index (κ2) is 7.72. The number of fused-ring (bicyclic) bond motifs is 4. The number of anilines is 2. The van der Waals surface area contributed by atoms with E-state index in [4.69, 9.17) is 16.6 Å². The van der Waals surface area contributed by atoms with Crippen molar-refractivity contribution in [1.82, 2.24) is 19.6 Å². The Labute approximate surface area is 195 Å². The average molecular weight is 459 g/mol. The van der Waals surface area contributed by atoms with Crippen LogP contribution in [0.15, 0.2) is 30.3 Å². The molecule has 0 spiro atoms. The molecule has 0 atom stereocenters. The second-order valence-corrected chi connectivity index (χ2v) is 9.00. The maximum atomic E-state index is 14.6. The number of nitrogens with zero attached hydrogens (tertiary/aromatic N) is 6. The lowest BCUT2D eigenvalue weighted by Gasteiger charge is -2.32. The number of aryl methyl sites for hydroxylation is 1. The molecule has 0 radical (unpaired) electrons. The first kappa shape index (κ1) is 21.2. The van der Waals surface area contributed by atoms with Gasteiger partial charge in [-0.1, -0.05) is 29.5 Å². The highest BCUT2D eigenvalue weighted by molar-refractivity contribution is 6.36. The van der Waals surface area contributed by atoms with Gasteiger partial charge in [-0.3, -0.25) is 4.40 Å². The standard InChI is InChI=1S/C25H20ClFN6/c1-15-30-31-24-29-23(21-20(33(15)24)10-9-18(27)22(21)26)32-13-5-7-17-16(6-4-8-19(17)32)11-12-25(2,3)14-28/h4,6,8-10H,5,7,13H2,1-3H3. The van der Waals surface area contributed by atoms with E-state index in [2.05, 4.69) is 33.0 Å². The summed E-state index contributed by atoms with van der Waals surface area (Å²) in [6, 6.07) is 11.2. The molecule has 8 heteroatoms. The third kappa shape index (κ3) is 3.46. The minimum absolute atomic E-state index is 0.0174. The van der Waals surface area contributed by atoms with E-state index in [1.807, 2.05) is 25.1 Å². The molecule has 5 rings (SSSR count). The predicted molar refractivity (Wildman–Crippen MR) is 126 cm³/mol. The maximum Gasteiger partial charge on any atom is 0.257 e. The van der Waals surface area contributed by atoms with Crippen molar-refractivity contribution in [3.05, 3.63) is 58.1 Å². The molecule has 0 amide bonds. The molecule has 2 aromatic heterocycles. The normalized spacial score (nSPS) is 13.5. The van der Waals surface area contributed by atoms with Crippen LogP contribution < -0.4 is 4.90 Å². The summed E-state index contributed by atoms with van der Waals surface area (Å²) in [5.41, 5.74) is 2.85. The zero-order valence-electron chi connectivity index (χ0n) is 18.4. The summed E-state index contributed by atoms with van der Waals surface area (Å²) < 4.78 is 16.3. The third-order valence-electron chi connectivity index (χ3n) is 5.85. The van der Waals surface area contributed by atoms with Crippen molar-refractivity contribution < 1.29 is 4.39 Å². The number of aromatic nitrogens is 4. The van der Waals surface area contributed by atoms with Crippen LogP contribution in [0.2, 0.25) is 5.02 Å². The third-order valence-corrected chi connectivity index (χ3v) is 6.22. The van der Waals surface area contributed by atoms with Gasteiger partial charge >= 0.3 is 0 Å². The number of hydrogen-bond donors (Lipinski definition) is 0. The lowest BCUT2D eigenvalue weighted by molar-refractivity contribution is 0.630. The summed E-state index contributed by atoms with van der Waals surface area (Å²) in [5.74, 6) is 7.37. The van der Waals surface area contributed by atoms with Crippen LogP contribution in [0.4, 0.5) is 15.9 Å².